The lowest BCUT2D eigenvalue weighted by atomic mass is 9.97. The minimum Gasteiger partial charge on any atom is -0.493 e. The Morgan fingerprint density at radius 1 is 1.00 bits per heavy atom. The van der Waals surface area contributed by atoms with Crippen LogP contribution in [-0.2, 0) is 17.6 Å². The lowest BCUT2D eigenvalue weighted by molar-refractivity contribution is -0.882. The van der Waals surface area contributed by atoms with Gasteiger partial charge in [0.1, 0.15) is 11.3 Å². The lowest BCUT2D eigenvalue weighted by Crippen LogP contribution is -2.48. The highest BCUT2D eigenvalue weighted by Gasteiger charge is 2.20. The van der Waals surface area contributed by atoms with Crippen LogP contribution in [-0.4, -0.2) is 55.7 Å². The van der Waals surface area contributed by atoms with E-state index in [2.05, 4.69) is 50.5 Å². The maximum Gasteiger partial charge on any atom is 0.275 e. The van der Waals surface area contributed by atoms with Gasteiger partial charge in [-0.2, -0.15) is 0 Å². The molecule has 0 aliphatic heterocycles. The zero-order valence-electron chi connectivity index (χ0n) is 25.9. The fraction of sp³-hybridized carbons (Fsp3) is 0.333. The number of aromatic nitrogens is 1. The summed E-state index contributed by atoms with van der Waals surface area (Å²) in [5, 5.41) is 2.99. The van der Waals surface area contributed by atoms with Crippen LogP contribution in [0.5, 0.6) is 5.75 Å². The van der Waals surface area contributed by atoms with Crippen molar-refractivity contribution in [2.45, 2.75) is 39.0 Å². The number of hydrogen-bond donors (Lipinski definition) is 1. The van der Waals surface area contributed by atoms with E-state index in [1.54, 1.807) is 0 Å². The van der Waals surface area contributed by atoms with Crippen molar-refractivity contribution in [1.29, 1.82) is 0 Å². The van der Waals surface area contributed by atoms with Crippen molar-refractivity contribution in [2.24, 2.45) is 0 Å². The summed E-state index contributed by atoms with van der Waals surface area (Å²) in [4.78, 5) is 16.9. The molecular weight excluding hydrogens is 560 g/mol. The molecule has 0 saturated heterocycles. The fourth-order valence-corrected chi connectivity index (χ4v) is 5.15. The summed E-state index contributed by atoms with van der Waals surface area (Å²) in [5.41, 5.74) is 5.23. The molecule has 0 radical (unpaired) electrons. The number of hydrogen-bond acceptors (Lipinski definition) is 4. The van der Waals surface area contributed by atoms with Gasteiger partial charge >= 0.3 is 0 Å². The number of carbonyl (C=O) groups is 1. The number of benzene rings is 3. The molecule has 1 aromatic heterocycles. The van der Waals surface area contributed by atoms with Gasteiger partial charge < -0.3 is 19.0 Å². The molecule has 0 aliphatic carbocycles. The van der Waals surface area contributed by atoms with Crippen LogP contribution in [0.3, 0.4) is 0 Å². The Bertz CT molecular complexity index is 1630. The number of allylic oxidation sites excluding steroid dienone is 2. The molecular formula is C36H42F2N3O3+. The molecule has 1 N–H and O–H groups in total. The third kappa shape index (κ3) is 8.41. The number of nitrogens with one attached hydrogen (secondary N) is 1. The van der Waals surface area contributed by atoms with Gasteiger partial charge in [0.25, 0.3) is 5.91 Å². The third-order valence-corrected chi connectivity index (χ3v) is 7.42. The number of ether oxygens (including phenoxy) is 1. The van der Waals surface area contributed by atoms with Crippen LogP contribution in [0.4, 0.5) is 8.78 Å². The Morgan fingerprint density at radius 3 is 2.50 bits per heavy atom. The molecule has 8 heteroatoms. The summed E-state index contributed by atoms with van der Waals surface area (Å²) < 4.78 is 40.5. The van der Waals surface area contributed by atoms with Crippen molar-refractivity contribution >= 4 is 17.0 Å². The largest absolute Gasteiger partial charge is 0.493 e. The lowest BCUT2D eigenvalue weighted by Gasteiger charge is -2.29. The fourth-order valence-electron chi connectivity index (χ4n) is 5.15. The zero-order chi connectivity index (χ0) is 31.7. The molecule has 0 spiro atoms. The van der Waals surface area contributed by atoms with Gasteiger partial charge in [-0.3, -0.25) is 4.79 Å². The standard InChI is InChI=1S/C36H41F2N3O3/c1-6-9-17-39-34(42)24-41(4,5)18-10-19-43-33-16-14-26(22-27(33)12-8-3)29-20-25(11-7-2)21-32-35(29)44-36(40-32)28-13-15-30(37)31(38)23-28/h7-8,13-16,20-23H,2-3,6,9-12,17-19,24H2,1,4-5H3/p+1. The van der Waals surface area contributed by atoms with Crippen molar-refractivity contribution in [2.75, 3.05) is 40.3 Å². The van der Waals surface area contributed by atoms with E-state index in [1.807, 2.05) is 36.4 Å². The van der Waals surface area contributed by atoms with Gasteiger partial charge in [0.05, 0.1) is 27.2 Å². The summed E-state index contributed by atoms with van der Waals surface area (Å²) in [6, 6.07) is 13.5. The Hall–Kier alpha value is -4.30. The molecule has 4 aromatic rings. The van der Waals surface area contributed by atoms with E-state index in [0.717, 1.165) is 72.5 Å². The smallest absolute Gasteiger partial charge is 0.275 e. The summed E-state index contributed by atoms with van der Waals surface area (Å²) in [6.45, 7) is 12.4. The maximum atomic E-state index is 14.0. The first-order valence-electron chi connectivity index (χ1n) is 15.1. The normalized spacial score (nSPS) is 11.5. The molecule has 0 saturated carbocycles. The topological polar surface area (TPSA) is 64.4 Å². The van der Waals surface area contributed by atoms with Crippen molar-refractivity contribution in [3.63, 3.8) is 0 Å². The van der Waals surface area contributed by atoms with E-state index in [0.29, 0.717) is 47.1 Å². The number of unbranched alkanes of at least 4 members (excludes halogenated alkanes) is 1. The number of likely N-dealkylation sites (N-methyl/N-ethyl adjacent to an activating group) is 1. The highest BCUT2D eigenvalue weighted by molar-refractivity contribution is 5.92. The van der Waals surface area contributed by atoms with Gasteiger partial charge in [0.15, 0.2) is 23.8 Å². The number of rotatable bonds is 16. The van der Waals surface area contributed by atoms with Crippen LogP contribution in [0.1, 0.15) is 37.3 Å². The van der Waals surface area contributed by atoms with Crippen LogP contribution in [0.15, 0.2) is 78.3 Å². The quantitative estimate of drug-likeness (QED) is 0.0813. The van der Waals surface area contributed by atoms with E-state index in [1.165, 1.54) is 6.07 Å². The molecule has 6 nitrogen and oxygen atoms in total. The second-order valence-corrected chi connectivity index (χ2v) is 11.7. The van der Waals surface area contributed by atoms with Crippen molar-refractivity contribution in [1.82, 2.24) is 10.3 Å². The minimum atomic E-state index is -0.961. The Balaban J connectivity index is 1.54. The molecule has 0 atom stereocenters. The average Bonchev–Trinajstić information content (AvgIpc) is 3.41. The van der Waals surface area contributed by atoms with Crippen molar-refractivity contribution < 1.29 is 27.2 Å². The number of fused-ring (bicyclic) bond motifs is 1. The van der Waals surface area contributed by atoms with Gasteiger partial charge in [0.2, 0.25) is 5.89 Å². The number of halogens is 2. The van der Waals surface area contributed by atoms with Crippen LogP contribution in [0, 0.1) is 11.6 Å². The SMILES string of the molecule is C=CCc1cc(-c2ccc(OCCC[N+](C)(C)CC(=O)NCCCC)c(CC=C)c2)c2oc(-c3ccc(F)c(F)c3)nc2c1. The van der Waals surface area contributed by atoms with Gasteiger partial charge in [-0.1, -0.05) is 31.6 Å². The second-order valence-electron chi connectivity index (χ2n) is 11.7. The van der Waals surface area contributed by atoms with E-state index < -0.39 is 11.6 Å². The summed E-state index contributed by atoms with van der Waals surface area (Å²) in [6.07, 6.45) is 7.72. The first kappa shape index (κ1) is 32.6. The van der Waals surface area contributed by atoms with Crippen LogP contribution in [0.2, 0.25) is 0 Å². The summed E-state index contributed by atoms with van der Waals surface area (Å²) in [7, 11) is 4.11. The Labute approximate surface area is 258 Å². The predicted molar refractivity (Wildman–Crippen MR) is 172 cm³/mol. The minimum absolute atomic E-state index is 0.0724. The van der Waals surface area contributed by atoms with E-state index in [9.17, 15) is 13.6 Å². The maximum absolute atomic E-state index is 14.0. The summed E-state index contributed by atoms with van der Waals surface area (Å²) in [5.74, 6) is -0.832. The highest BCUT2D eigenvalue weighted by atomic mass is 19.2. The monoisotopic (exact) mass is 602 g/mol. The van der Waals surface area contributed by atoms with Crippen LogP contribution in [0.25, 0.3) is 33.7 Å². The van der Waals surface area contributed by atoms with Gasteiger partial charge in [0, 0.05) is 24.1 Å². The number of quaternary nitrogens is 1. The molecule has 4 rings (SSSR count). The van der Waals surface area contributed by atoms with Gasteiger partial charge in [-0.05, 0) is 78.4 Å². The Kier molecular flexibility index (Phi) is 11.1. The van der Waals surface area contributed by atoms with E-state index in [-0.39, 0.29) is 11.8 Å². The van der Waals surface area contributed by atoms with Crippen LogP contribution >= 0.6 is 0 Å². The number of carbonyl (C=O) groups excluding carboxylic acids is 1. The molecule has 232 valence electrons. The van der Waals surface area contributed by atoms with Gasteiger partial charge in [-0.15, -0.1) is 13.2 Å². The Morgan fingerprint density at radius 2 is 1.77 bits per heavy atom. The molecule has 0 aliphatic rings. The first-order valence-corrected chi connectivity index (χ1v) is 15.1. The zero-order valence-corrected chi connectivity index (χ0v) is 25.9. The van der Waals surface area contributed by atoms with Crippen molar-refractivity contribution in [3.8, 4) is 28.3 Å². The first-order chi connectivity index (χ1) is 21.1. The average molecular weight is 603 g/mol. The molecule has 0 unspecified atom stereocenters. The molecule has 1 heterocycles. The molecule has 0 fully saturated rings. The van der Waals surface area contributed by atoms with Gasteiger partial charge in [-0.25, -0.2) is 13.8 Å². The number of amides is 1. The second kappa shape index (κ2) is 14.9. The van der Waals surface area contributed by atoms with E-state index >= 15 is 0 Å². The predicted octanol–water partition coefficient (Wildman–Crippen LogP) is 7.66. The third-order valence-electron chi connectivity index (χ3n) is 7.42. The number of oxazole rings is 1. The number of nitrogens with zero attached hydrogens (tertiary/aromatic N) is 2. The van der Waals surface area contributed by atoms with E-state index in [4.69, 9.17) is 9.15 Å². The summed E-state index contributed by atoms with van der Waals surface area (Å²) >= 11 is 0. The highest BCUT2D eigenvalue weighted by Crippen LogP contribution is 2.36. The molecule has 44 heavy (non-hydrogen) atoms. The van der Waals surface area contributed by atoms with Crippen molar-refractivity contribution in [3.05, 3.63) is 96.6 Å². The molecule has 3 aromatic carbocycles. The molecule has 0 bridgehead atoms. The van der Waals surface area contributed by atoms with Crippen LogP contribution < -0.4 is 10.1 Å². The molecule has 1 amide bonds.